The van der Waals surface area contributed by atoms with Crippen LogP contribution in [0, 0.1) is 5.92 Å². The van der Waals surface area contributed by atoms with Gasteiger partial charge in [-0.15, -0.1) is 0 Å². The third kappa shape index (κ3) is 6.00. The van der Waals surface area contributed by atoms with Crippen molar-refractivity contribution in [2.45, 2.75) is 31.6 Å². The molecule has 8 nitrogen and oxygen atoms in total. The predicted molar refractivity (Wildman–Crippen MR) is 101 cm³/mol. The summed E-state index contributed by atoms with van der Waals surface area (Å²) < 4.78 is 24.4. The van der Waals surface area contributed by atoms with Gasteiger partial charge in [0.2, 0.25) is 15.9 Å². The summed E-state index contributed by atoms with van der Waals surface area (Å²) in [5.74, 6) is 0.580. The molecule has 1 saturated heterocycles. The highest BCUT2D eigenvalue weighted by molar-refractivity contribution is 7.88. The Morgan fingerprint density at radius 3 is 2.44 bits per heavy atom. The van der Waals surface area contributed by atoms with E-state index in [9.17, 15) is 18.0 Å². The Morgan fingerprint density at radius 2 is 1.89 bits per heavy atom. The molecule has 1 saturated carbocycles. The number of carbonyl (C=O) groups excluding carboxylic acids is 2. The van der Waals surface area contributed by atoms with E-state index in [-0.39, 0.29) is 24.3 Å². The lowest BCUT2D eigenvalue weighted by Crippen LogP contribution is -2.43. The summed E-state index contributed by atoms with van der Waals surface area (Å²) in [4.78, 5) is 30.3. The van der Waals surface area contributed by atoms with Crippen molar-refractivity contribution >= 4 is 21.8 Å². The van der Waals surface area contributed by atoms with Crippen LogP contribution in [0.4, 0.5) is 0 Å². The van der Waals surface area contributed by atoms with Crippen LogP contribution in [0.5, 0.6) is 0 Å². The SMILES string of the molecule is CS(=O)(=O)NCC(=O)N1CCC(c2ccc(C(=O)NCC3CC3)cn2)CC1. The van der Waals surface area contributed by atoms with E-state index in [2.05, 4.69) is 15.0 Å². The van der Waals surface area contributed by atoms with Crippen molar-refractivity contribution in [2.75, 3.05) is 32.4 Å². The fourth-order valence-corrected chi connectivity index (χ4v) is 3.56. The van der Waals surface area contributed by atoms with E-state index >= 15 is 0 Å². The van der Waals surface area contributed by atoms with Crippen LogP contribution in [0.3, 0.4) is 0 Å². The van der Waals surface area contributed by atoms with E-state index < -0.39 is 10.0 Å². The molecule has 0 radical (unpaired) electrons. The number of pyridine rings is 1. The lowest BCUT2D eigenvalue weighted by Gasteiger charge is -2.31. The zero-order valence-electron chi connectivity index (χ0n) is 15.5. The molecule has 1 aromatic heterocycles. The lowest BCUT2D eigenvalue weighted by molar-refractivity contribution is -0.131. The van der Waals surface area contributed by atoms with Gasteiger partial charge in [-0.1, -0.05) is 0 Å². The number of nitrogens with zero attached hydrogens (tertiary/aromatic N) is 2. The fraction of sp³-hybridized carbons (Fsp3) is 0.611. The molecule has 27 heavy (non-hydrogen) atoms. The summed E-state index contributed by atoms with van der Waals surface area (Å²) in [5.41, 5.74) is 1.49. The highest BCUT2D eigenvalue weighted by Crippen LogP contribution is 2.28. The molecule has 2 heterocycles. The van der Waals surface area contributed by atoms with Crippen LogP contribution in [0.2, 0.25) is 0 Å². The van der Waals surface area contributed by atoms with Crippen LogP contribution < -0.4 is 10.0 Å². The minimum absolute atomic E-state index is 0.0836. The number of nitrogens with one attached hydrogen (secondary N) is 2. The van der Waals surface area contributed by atoms with Crippen molar-refractivity contribution in [3.05, 3.63) is 29.6 Å². The predicted octanol–water partition coefficient (Wildman–Crippen LogP) is 0.477. The first-order chi connectivity index (χ1) is 12.8. The van der Waals surface area contributed by atoms with Crippen LogP contribution in [-0.4, -0.2) is 62.6 Å². The molecular formula is C18H26N4O4S. The zero-order chi connectivity index (χ0) is 19.4. The number of amides is 2. The minimum Gasteiger partial charge on any atom is -0.352 e. The van der Waals surface area contributed by atoms with E-state index in [0.29, 0.717) is 24.6 Å². The van der Waals surface area contributed by atoms with E-state index in [1.165, 1.54) is 12.8 Å². The molecule has 0 aromatic carbocycles. The van der Waals surface area contributed by atoms with Gasteiger partial charge in [-0.2, -0.15) is 0 Å². The Labute approximate surface area is 159 Å². The molecule has 0 unspecified atom stereocenters. The van der Waals surface area contributed by atoms with Crippen LogP contribution in [0.15, 0.2) is 18.3 Å². The smallest absolute Gasteiger partial charge is 0.252 e. The third-order valence-corrected chi connectivity index (χ3v) is 5.72. The first-order valence-corrected chi connectivity index (χ1v) is 11.2. The summed E-state index contributed by atoms with van der Waals surface area (Å²) in [5, 5.41) is 2.93. The second-order valence-electron chi connectivity index (χ2n) is 7.37. The molecule has 1 aliphatic heterocycles. The number of rotatable bonds is 7. The van der Waals surface area contributed by atoms with E-state index in [1.54, 1.807) is 17.2 Å². The number of likely N-dealkylation sites (tertiary alicyclic amines) is 1. The Kier molecular flexibility index (Phi) is 6.11. The molecule has 3 rings (SSSR count). The number of carbonyl (C=O) groups is 2. The maximum absolute atomic E-state index is 12.1. The number of piperidine rings is 1. The summed E-state index contributed by atoms with van der Waals surface area (Å²) in [6, 6.07) is 3.69. The maximum Gasteiger partial charge on any atom is 0.252 e. The van der Waals surface area contributed by atoms with Crippen molar-refractivity contribution in [2.24, 2.45) is 5.92 Å². The minimum atomic E-state index is -3.37. The van der Waals surface area contributed by atoms with Gasteiger partial charge in [0.25, 0.3) is 5.91 Å². The highest BCUT2D eigenvalue weighted by atomic mass is 32.2. The third-order valence-electron chi connectivity index (χ3n) is 5.05. The molecule has 1 aliphatic carbocycles. The maximum atomic E-state index is 12.1. The summed E-state index contributed by atoms with van der Waals surface area (Å²) >= 11 is 0. The van der Waals surface area contributed by atoms with Gasteiger partial charge in [-0.3, -0.25) is 14.6 Å². The fourth-order valence-electron chi connectivity index (χ4n) is 3.17. The molecule has 2 amide bonds. The monoisotopic (exact) mass is 394 g/mol. The second kappa shape index (κ2) is 8.35. The molecule has 2 aliphatic rings. The Hall–Kier alpha value is -2.00. The Bertz CT molecular complexity index is 782. The van der Waals surface area contributed by atoms with Gasteiger partial charge < -0.3 is 10.2 Å². The van der Waals surface area contributed by atoms with Crippen LogP contribution in [0.25, 0.3) is 0 Å². The molecule has 0 atom stereocenters. The lowest BCUT2D eigenvalue weighted by atomic mass is 9.92. The standard InChI is InChI=1S/C18H26N4O4S/c1-27(25,26)21-12-17(23)22-8-6-14(7-9-22)16-5-4-15(11-19-16)18(24)20-10-13-2-3-13/h4-5,11,13-14,21H,2-3,6-10,12H2,1H3,(H,20,24). The van der Waals surface area contributed by atoms with Crippen molar-refractivity contribution in [1.29, 1.82) is 0 Å². The van der Waals surface area contributed by atoms with Crippen molar-refractivity contribution in [3.8, 4) is 0 Å². The van der Waals surface area contributed by atoms with E-state index in [4.69, 9.17) is 0 Å². The Balaban J connectivity index is 1.47. The van der Waals surface area contributed by atoms with E-state index in [1.807, 2.05) is 6.07 Å². The quantitative estimate of drug-likeness (QED) is 0.699. The van der Waals surface area contributed by atoms with Crippen LogP contribution in [0.1, 0.15) is 47.7 Å². The molecule has 148 valence electrons. The first kappa shape index (κ1) is 19.8. The van der Waals surface area contributed by atoms with Crippen LogP contribution >= 0.6 is 0 Å². The van der Waals surface area contributed by atoms with Crippen molar-refractivity contribution in [1.82, 2.24) is 19.9 Å². The highest BCUT2D eigenvalue weighted by Gasteiger charge is 2.25. The van der Waals surface area contributed by atoms with Gasteiger partial charge >= 0.3 is 0 Å². The van der Waals surface area contributed by atoms with Gasteiger partial charge in [0.1, 0.15) is 0 Å². The van der Waals surface area contributed by atoms with Crippen LogP contribution in [-0.2, 0) is 14.8 Å². The molecule has 2 N–H and O–H groups in total. The zero-order valence-corrected chi connectivity index (χ0v) is 16.3. The van der Waals surface area contributed by atoms with E-state index in [0.717, 1.165) is 31.3 Å². The normalized spacial score (nSPS) is 18.3. The summed E-state index contributed by atoms with van der Waals surface area (Å²) in [7, 11) is -3.37. The largest absolute Gasteiger partial charge is 0.352 e. The average Bonchev–Trinajstić information content (AvgIpc) is 3.48. The van der Waals surface area contributed by atoms with Gasteiger partial charge in [0.05, 0.1) is 18.4 Å². The van der Waals surface area contributed by atoms with Gasteiger partial charge in [0, 0.05) is 37.4 Å². The number of sulfonamides is 1. The molecule has 0 spiro atoms. The number of hydrogen-bond donors (Lipinski definition) is 2. The molecule has 9 heteroatoms. The first-order valence-electron chi connectivity index (χ1n) is 9.28. The van der Waals surface area contributed by atoms with Gasteiger partial charge in [0.15, 0.2) is 0 Å². The summed E-state index contributed by atoms with van der Waals surface area (Å²) in [6.45, 7) is 1.67. The topological polar surface area (TPSA) is 108 Å². The molecule has 0 bridgehead atoms. The summed E-state index contributed by atoms with van der Waals surface area (Å²) in [6.07, 6.45) is 6.58. The molecular weight excluding hydrogens is 368 g/mol. The van der Waals surface area contributed by atoms with Gasteiger partial charge in [-0.05, 0) is 43.7 Å². The molecule has 2 fully saturated rings. The Morgan fingerprint density at radius 1 is 1.19 bits per heavy atom. The van der Waals surface area contributed by atoms with Crippen molar-refractivity contribution < 1.29 is 18.0 Å². The van der Waals surface area contributed by atoms with Crippen molar-refractivity contribution in [3.63, 3.8) is 0 Å². The number of aromatic nitrogens is 1. The second-order valence-corrected chi connectivity index (χ2v) is 9.21. The van der Waals surface area contributed by atoms with Gasteiger partial charge in [-0.25, -0.2) is 13.1 Å². The average molecular weight is 394 g/mol. The molecule has 1 aromatic rings. The number of hydrogen-bond acceptors (Lipinski definition) is 5.